The molecule has 0 fully saturated rings. The molecule has 188 valence electrons. The Labute approximate surface area is 215 Å². The Balaban J connectivity index is 1.44. The molecule has 7 nitrogen and oxygen atoms in total. The summed E-state index contributed by atoms with van der Waals surface area (Å²) in [7, 11) is 1.65. The molecule has 0 aliphatic heterocycles. The number of aromatic nitrogens is 1. The zero-order chi connectivity index (χ0) is 26.4. The van der Waals surface area contributed by atoms with Crippen molar-refractivity contribution in [2.45, 2.75) is 25.7 Å². The molecule has 2 N–H and O–H groups in total. The molecule has 0 saturated carbocycles. The largest absolute Gasteiger partial charge is 0.497 e. The predicted molar refractivity (Wildman–Crippen MR) is 140 cm³/mol. The lowest BCUT2D eigenvalue weighted by Gasteiger charge is -2.26. The first-order valence-electron chi connectivity index (χ1n) is 11.7. The number of hydrogen-bond acceptors (Lipinski definition) is 6. The first kappa shape index (κ1) is 25.4. The zero-order valence-corrected chi connectivity index (χ0v) is 20.9. The molecule has 0 aliphatic rings. The van der Waals surface area contributed by atoms with Gasteiger partial charge in [0.25, 0.3) is 5.91 Å². The van der Waals surface area contributed by atoms with Crippen molar-refractivity contribution in [2.24, 2.45) is 5.73 Å². The fourth-order valence-corrected chi connectivity index (χ4v) is 4.10. The lowest BCUT2D eigenvalue weighted by atomic mass is 9.79. The fourth-order valence-electron chi connectivity index (χ4n) is 4.10. The van der Waals surface area contributed by atoms with Crippen molar-refractivity contribution in [1.82, 2.24) is 4.98 Å². The molecule has 0 atom stereocenters. The minimum Gasteiger partial charge on any atom is -0.497 e. The minimum absolute atomic E-state index is 0.0506. The minimum atomic E-state index is -0.704. The van der Waals surface area contributed by atoms with Crippen molar-refractivity contribution in [3.8, 4) is 22.6 Å². The van der Waals surface area contributed by atoms with Gasteiger partial charge in [-0.1, -0.05) is 44.2 Å². The van der Waals surface area contributed by atoms with Gasteiger partial charge in [-0.2, -0.15) is 0 Å². The summed E-state index contributed by atoms with van der Waals surface area (Å²) in [5, 5.41) is 0. The number of carbonyl (C=O) groups excluding carboxylic acids is 2. The van der Waals surface area contributed by atoms with Gasteiger partial charge in [0.1, 0.15) is 5.75 Å². The van der Waals surface area contributed by atoms with Crippen molar-refractivity contribution in [3.63, 3.8) is 0 Å². The number of amides is 1. The third-order valence-electron chi connectivity index (χ3n) is 6.15. The van der Waals surface area contributed by atoms with Crippen molar-refractivity contribution >= 4 is 11.9 Å². The molecule has 0 aliphatic carbocycles. The van der Waals surface area contributed by atoms with E-state index in [0.29, 0.717) is 5.56 Å². The van der Waals surface area contributed by atoms with E-state index in [1.165, 1.54) is 6.07 Å². The third-order valence-corrected chi connectivity index (χ3v) is 6.15. The summed E-state index contributed by atoms with van der Waals surface area (Å²) in [5.41, 5.74) is 9.58. The number of pyridine rings is 1. The molecule has 1 heterocycles. The molecule has 0 saturated heterocycles. The summed E-state index contributed by atoms with van der Waals surface area (Å²) in [4.78, 5) is 38.9. The van der Waals surface area contributed by atoms with E-state index in [2.05, 4.69) is 24.9 Å². The standard InChI is InChI=1S/C30H28N2O5/c1-30(2,19-20-5-4-6-25(17-20)35-3)24-10-7-22(8-11-24)29(34)37-36-27-12-9-23(18-26(27)28(31)33)21-13-15-32-16-14-21/h4-18H,19H2,1-3H3,(H2,31,33). The fraction of sp³-hybridized carbons (Fsp3) is 0.167. The van der Waals surface area contributed by atoms with E-state index in [4.69, 9.17) is 20.2 Å². The first-order valence-corrected chi connectivity index (χ1v) is 11.7. The van der Waals surface area contributed by atoms with E-state index in [-0.39, 0.29) is 16.7 Å². The van der Waals surface area contributed by atoms with Crippen LogP contribution in [0.4, 0.5) is 0 Å². The number of ether oxygens (including phenoxy) is 1. The van der Waals surface area contributed by atoms with E-state index < -0.39 is 11.9 Å². The Bertz CT molecular complexity index is 1400. The van der Waals surface area contributed by atoms with E-state index in [1.807, 2.05) is 42.5 Å². The number of hydrogen-bond donors (Lipinski definition) is 1. The van der Waals surface area contributed by atoms with E-state index in [9.17, 15) is 9.59 Å². The highest BCUT2D eigenvalue weighted by Gasteiger charge is 2.22. The van der Waals surface area contributed by atoms with Crippen molar-refractivity contribution < 1.29 is 24.1 Å². The van der Waals surface area contributed by atoms with Crippen molar-refractivity contribution in [1.29, 1.82) is 0 Å². The molecular weight excluding hydrogens is 468 g/mol. The molecule has 0 spiro atoms. The summed E-state index contributed by atoms with van der Waals surface area (Å²) in [5.74, 6) is -0.525. The Kier molecular flexibility index (Phi) is 7.53. The average Bonchev–Trinajstić information content (AvgIpc) is 2.92. The first-order chi connectivity index (χ1) is 17.8. The zero-order valence-electron chi connectivity index (χ0n) is 20.9. The van der Waals surface area contributed by atoms with Crippen LogP contribution in [-0.4, -0.2) is 24.0 Å². The molecule has 0 radical (unpaired) electrons. The van der Waals surface area contributed by atoms with Gasteiger partial charge < -0.3 is 10.5 Å². The molecule has 0 bridgehead atoms. The lowest BCUT2D eigenvalue weighted by Crippen LogP contribution is -2.21. The number of rotatable bonds is 9. The lowest BCUT2D eigenvalue weighted by molar-refractivity contribution is -0.149. The highest BCUT2D eigenvalue weighted by atomic mass is 17.2. The van der Waals surface area contributed by atoms with Crippen LogP contribution in [-0.2, 0) is 16.7 Å². The maximum Gasteiger partial charge on any atom is 0.386 e. The Morgan fingerprint density at radius 2 is 1.62 bits per heavy atom. The smallest absolute Gasteiger partial charge is 0.386 e. The summed E-state index contributed by atoms with van der Waals surface area (Å²) >= 11 is 0. The highest BCUT2D eigenvalue weighted by molar-refractivity contribution is 5.97. The topological polar surface area (TPSA) is 101 Å². The van der Waals surface area contributed by atoms with Gasteiger partial charge in [-0.15, -0.1) is 0 Å². The average molecular weight is 497 g/mol. The van der Waals surface area contributed by atoms with Crippen LogP contribution in [0.1, 0.15) is 45.7 Å². The van der Waals surface area contributed by atoms with Crippen LogP contribution in [0.15, 0.2) is 91.3 Å². The molecule has 0 unspecified atom stereocenters. The van der Waals surface area contributed by atoms with Crippen LogP contribution in [0, 0.1) is 0 Å². The highest BCUT2D eigenvalue weighted by Crippen LogP contribution is 2.30. The van der Waals surface area contributed by atoms with Crippen LogP contribution < -0.4 is 15.4 Å². The Hall–Kier alpha value is -4.65. The predicted octanol–water partition coefficient (Wildman–Crippen LogP) is 5.53. The van der Waals surface area contributed by atoms with E-state index in [1.54, 1.807) is 43.8 Å². The summed E-state index contributed by atoms with van der Waals surface area (Å²) in [6, 6.07) is 23.6. The summed E-state index contributed by atoms with van der Waals surface area (Å²) in [6.45, 7) is 4.29. The second-order valence-electron chi connectivity index (χ2n) is 9.25. The van der Waals surface area contributed by atoms with Crippen molar-refractivity contribution in [3.05, 3.63) is 114 Å². The van der Waals surface area contributed by atoms with Crippen LogP contribution in [0.25, 0.3) is 11.1 Å². The molecule has 1 aromatic heterocycles. The van der Waals surface area contributed by atoms with Gasteiger partial charge in [-0.05, 0) is 82.6 Å². The second-order valence-corrected chi connectivity index (χ2v) is 9.25. The van der Waals surface area contributed by atoms with E-state index >= 15 is 0 Å². The number of carbonyl (C=O) groups is 2. The number of nitrogens with zero attached hydrogens (tertiary/aromatic N) is 1. The maximum atomic E-state index is 12.6. The van der Waals surface area contributed by atoms with Gasteiger partial charge in [0.2, 0.25) is 0 Å². The Morgan fingerprint density at radius 1 is 0.892 bits per heavy atom. The van der Waals surface area contributed by atoms with Crippen LogP contribution in [0.2, 0.25) is 0 Å². The summed E-state index contributed by atoms with van der Waals surface area (Å²) in [6.07, 6.45) is 4.09. The number of benzene rings is 3. The molecule has 4 aromatic rings. The molecular formula is C30H28N2O5. The van der Waals surface area contributed by atoms with E-state index in [0.717, 1.165) is 34.4 Å². The molecule has 4 rings (SSSR count). The second kappa shape index (κ2) is 11.0. The normalized spacial score (nSPS) is 11.0. The van der Waals surface area contributed by atoms with Gasteiger partial charge in [0, 0.05) is 12.4 Å². The SMILES string of the molecule is COc1cccc(CC(C)(C)c2ccc(C(=O)OOc3ccc(-c4ccncc4)cc3C(N)=O)cc2)c1. The number of primary amides is 1. The Morgan fingerprint density at radius 3 is 2.30 bits per heavy atom. The molecule has 3 aromatic carbocycles. The van der Waals surface area contributed by atoms with Crippen LogP contribution >= 0.6 is 0 Å². The van der Waals surface area contributed by atoms with Gasteiger partial charge in [0.15, 0.2) is 5.75 Å². The molecule has 37 heavy (non-hydrogen) atoms. The number of methoxy groups -OCH3 is 1. The van der Waals surface area contributed by atoms with Gasteiger partial charge in [-0.3, -0.25) is 14.7 Å². The summed E-state index contributed by atoms with van der Waals surface area (Å²) < 4.78 is 5.33. The van der Waals surface area contributed by atoms with Gasteiger partial charge in [0.05, 0.1) is 18.2 Å². The van der Waals surface area contributed by atoms with Crippen LogP contribution in [0.5, 0.6) is 11.5 Å². The van der Waals surface area contributed by atoms with Gasteiger partial charge >= 0.3 is 5.97 Å². The monoisotopic (exact) mass is 496 g/mol. The quantitative estimate of drug-likeness (QED) is 0.242. The number of nitrogens with two attached hydrogens (primary N) is 1. The van der Waals surface area contributed by atoms with Gasteiger partial charge in [-0.25, -0.2) is 9.68 Å². The molecule has 1 amide bonds. The van der Waals surface area contributed by atoms with Crippen LogP contribution in [0.3, 0.4) is 0 Å². The maximum absolute atomic E-state index is 12.6. The third kappa shape index (κ3) is 6.13. The van der Waals surface area contributed by atoms with Crippen molar-refractivity contribution in [2.75, 3.05) is 7.11 Å². The molecule has 7 heteroatoms.